The highest BCUT2D eigenvalue weighted by molar-refractivity contribution is 5.78. The van der Waals surface area contributed by atoms with E-state index in [4.69, 9.17) is 31.4 Å². The lowest BCUT2D eigenvalue weighted by molar-refractivity contribution is -0.254. The van der Waals surface area contributed by atoms with Gasteiger partial charge in [0, 0.05) is 26.7 Å². The van der Waals surface area contributed by atoms with Crippen LogP contribution in [0, 0.1) is 0 Å². The molecule has 1 amide bonds. The number of hydrogen-bond acceptors (Lipinski definition) is 9. The molecule has 0 aromatic carbocycles. The van der Waals surface area contributed by atoms with Gasteiger partial charge in [-0.3, -0.25) is 4.79 Å². The van der Waals surface area contributed by atoms with Gasteiger partial charge in [0.15, 0.2) is 6.29 Å². The number of ether oxygens (including phenoxy) is 3. The summed E-state index contributed by atoms with van der Waals surface area (Å²) in [6.45, 7) is 3.44. The Morgan fingerprint density at radius 1 is 1.32 bits per heavy atom. The molecular formula is C18H37N5O5. The third-order valence-corrected chi connectivity index (χ3v) is 5.72. The Morgan fingerprint density at radius 3 is 2.64 bits per heavy atom. The summed E-state index contributed by atoms with van der Waals surface area (Å²) in [5, 5.41) is 14.3. The molecule has 2 fully saturated rings. The Balaban J connectivity index is 2.11. The highest BCUT2D eigenvalue weighted by atomic mass is 16.7. The van der Waals surface area contributed by atoms with Crippen molar-refractivity contribution in [3.05, 3.63) is 0 Å². The molecule has 0 aromatic heterocycles. The van der Waals surface area contributed by atoms with E-state index in [0.717, 1.165) is 19.4 Å². The third-order valence-electron chi connectivity index (χ3n) is 5.72. The number of carbonyl (C=O) groups excluding carboxylic acids is 1. The lowest BCUT2D eigenvalue weighted by Crippen LogP contribution is -2.67. The Labute approximate surface area is 167 Å². The zero-order valence-electron chi connectivity index (χ0n) is 17.1. The average Bonchev–Trinajstić information content (AvgIpc) is 2.69. The Morgan fingerprint density at radius 2 is 2.04 bits per heavy atom. The lowest BCUT2D eigenvalue weighted by Gasteiger charge is -2.48. The van der Waals surface area contributed by atoms with E-state index in [-0.39, 0.29) is 24.6 Å². The number of aliphatic hydroxyl groups is 1. The molecule has 1 saturated heterocycles. The summed E-state index contributed by atoms with van der Waals surface area (Å²) in [6, 6.07) is -1.41. The zero-order valence-corrected chi connectivity index (χ0v) is 17.1. The minimum atomic E-state index is -1.06. The molecule has 1 saturated carbocycles. The molecular weight excluding hydrogens is 366 g/mol. The molecule has 1 heterocycles. The molecule has 2 aliphatic rings. The minimum Gasteiger partial charge on any atom is -0.388 e. The van der Waals surface area contributed by atoms with Gasteiger partial charge in [0.05, 0.1) is 30.8 Å². The molecule has 0 unspecified atom stereocenters. The molecule has 28 heavy (non-hydrogen) atoms. The van der Waals surface area contributed by atoms with Crippen LogP contribution in [0.3, 0.4) is 0 Å². The molecule has 8 atom stereocenters. The van der Waals surface area contributed by atoms with Crippen molar-refractivity contribution in [2.75, 3.05) is 33.8 Å². The normalized spacial score (nSPS) is 39.0. The van der Waals surface area contributed by atoms with Crippen molar-refractivity contribution in [3.8, 4) is 0 Å². The number of hydrogen-bond donors (Lipinski definition) is 5. The predicted octanol–water partition coefficient (Wildman–Crippen LogP) is -2.29. The van der Waals surface area contributed by atoms with Gasteiger partial charge in [-0.15, -0.1) is 0 Å². The number of nitrogens with zero attached hydrogens (tertiary/aromatic N) is 1. The first-order valence-corrected chi connectivity index (χ1v) is 10.0. The highest BCUT2D eigenvalue weighted by Crippen LogP contribution is 2.30. The van der Waals surface area contributed by atoms with E-state index in [0.29, 0.717) is 13.0 Å². The maximum atomic E-state index is 12.1. The number of amides is 1. The quantitative estimate of drug-likeness (QED) is 0.301. The Bertz CT molecular complexity index is 497. The van der Waals surface area contributed by atoms with Crippen LogP contribution in [0.1, 0.15) is 26.2 Å². The van der Waals surface area contributed by atoms with Crippen molar-refractivity contribution in [2.24, 2.45) is 17.2 Å². The van der Waals surface area contributed by atoms with Crippen LogP contribution in [-0.4, -0.2) is 98.5 Å². The van der Waals surface area contributed by atoms with Gasteiger partial charge in [-0.1, -0.05) is 6.92 Å². The van der Waals surface area contributed by atoms with E-state index in [1.165, 1.54) is 12.0 Å². The largest absolute Gasteiger partial charge is 0.388 e. The molecule has 10 nitrogen and oxygen atoms in total. The fraction of sp³-hybridized carbons (Fsp3) is 0.944. The number of likely N-dealkylation sites (N-methyl/N-ethyl adjacent to an activating group) is 2. The van der Waals surface area contributed by atoms with Crippen LogP contribution in [0.15, 0.2) is 0 Å². The van der Waals surface area contributed by atoms with E-state index in [1.54, 1.807) is 7.05 Å². The van der Waals surface area contributed by atoms with Crippen molar-refractivity contribution in [1.82, 2.24) is 10.2 Å². The summed E-state index contributed by atoms with van der Waals surface area (Å²) in [5.41, 5.74) is 18.0. The number of nitrogens with two attached hydrogens (primary N) is 3. The molecule has 0 radical (unpaired) electrons. The number of nitrogens with one attached hydrogen (secondary N) is 1. The Hall–Kier alpha value is -0.850. The van der Waals surface area contributed by atoms with Gasteiger partial charge in [0.2, 0.25) is 5.91 Å². The van der Waals surface area contributed by atoms with Crippen LogP contribution in [-0.2, 0) is 19.0 Å². The number of carbonyl (C=O) groups is 1. The second kappa shape index (κ2) is 10.8. The van der Waals surface area contributed by atoms with E-state index in [1.807, 2.05) is 6.92 Å². The Kier molecular flexibility index (Phi) is 9.03. The highest BCUT2D eigenvalue weighted by Gasteiger charge is 2.48. The van der Waals surface area contributed by atoms with E-state index in [2.05, 4.69) is 5.32 Å². The second-order valence-corrected chi connectivity index (χ2v) is 7.64. The molecule has 164 valence electrons. The summed E-state index contributed by atoms with van der Waals surface area (Å²) in [4.78, 5) is 13.5. The molecule has 8 N–H and O–H groups in total. The van der Waals surface area contributed by atoms with Crippen LogP contribution in [0.2, 0.25) is 0 Å². The SMILES string of the molecule is CCNC[C@H]1CC[C@@H](N)[C@@H](O[C@H]2[C@H](O)[C@H](N(C)C(=O)CN)[C@@H](OC)C[C@@H]2N)O1. The third kappa shape index (κ3) is 5.39. The van der Waals surface area contributed by atoms with Crippen LogP contribution in [0.5, 0.6) is 0 Å². The van der Waals surface area contributed by atoms with Crippen molar-refractivity contribution < 1.29 is 24.1 Å². The predicted molar refractivity (Wildman–Crippen MR) is 104 cm³/mol. The van der Waals surface area contributed by atoms with Crippen molar-refractivity contribution in [2.45, 2.75) is 75.0 Å². The van der Waals surface area contributed by atoms with Gasteiger partial charge in [0.25, 0.3) is 0 Å². The molecule has 2 rings (SSSR count). The second-order valence-electron chi connectivity index (χ2n) is 7.64. The van der Waals surface area contributed by atoms with Crippen LogP contribution in [0.4, 0.5) is 0 Å². The average molecular weight is 404 g/mol. The first kappa shape index (κ1) is 23.4. The van der Waals surface area contributed by atoms with Gasteiger partial charge in [0.1, 0.15) is 12.2 Å². The van der Waals surface area contributed by atoms with E-state index >= 15 is 0 Å². The molecule has 0 bridgehead atoms. The van der Waals surface area contributed by atoms with Crippen molar-refractivity contribution in [3.63, 3.8) is 0 Å². The van der Waals surface area contributed by atoms with Crippen molar-refractivity contribution in [1.29, 1.82) is 0 Å². The number of rotatable bonds is 8. The van der Waals surface area contributed by atoms with Crippen LogP contribution >= 0.6 is 0 Å². The molecule has 0 spiro atoms. The fourth-order valence-corrected chi connectivity index (χ4v) is 4.03. The summed E-state index contributed by atoms with van der Waals surface area (Å²) in [6.07, 6.45) is -0.869. The standard InChI is InChI=1S/C18H37N5O5/c1-4-22-9-10-5-6-11(20)18(27-10)28-17-12(21)7-13(26-3)15(16(17)25)23(2)14(24)8-19/h10-13,15-18,22,25H,4-9,19-21H2,1-3H3/t10-,11-,12+,13+,15-,16-,17-,18-/m1/s1. The topological polar surface area (TPSA) is 158 Å². The van der Waals surface area contributed by atoms with Gasteiger partial charge >= 0.3 is 0 Å². The van der Waals surface area contributed by atoms with Crippen LogP contribution < -0.4 is 22.5 Å². The minimum absolute atomic E-state index is 0.00859. The van der Waals surface area contributed by atoms with Crippen molar-refractivity contribution >= 4 is 5.91 Å². The molecule has 0 aromatic rings. The maximum absolute atomic E-state index is 12.1. The van der Waals surface area contributed by atoms with E-state index in [9.17, 15) is 9.90 Å². The van der Waals surface area contributed by atoms with E-state index < -0.39 is 36.7 Å². The molecule has 1 aliphatic heterocycles. The fourth-order valence-electron chi connectivity index (χ4n) is 4.03. The summed E-state index contributed by atoms with van der Waals surface area (Å²) >= 11 is 0. The molecule has 10 heteroatoms. The smallest absolute Gasteiger partial charge is 0.236 e. The lowest BCUT2D eigenvalue weighted by atomic mass is 9.83. The first-order chi connectivity index (χ1) is 13.3. The summed E-state index contributed by atoms with van der Waals surface area (Å²) in [7, 11) is 3.13. The van der Waals surface area contributed by atoms with Crippen LogP contribution in [0.25, 0.3) is 0 Å². The van der Waals surface area contributed by atoms with Gasteiger partial charge in [-0.2, -0.15) is 0 Å². The summed E-state index contributed by atoms with van der Waals surface area (Å²) in [5.74, 6) is -0.295. The number of methoxy groups -OCH3 is 1. The summed E-state index contributed by atoms with van der Waals surface area (Å²) < 4.78 is 17.6. The zero-order chi connectivity index (χ0) is 20.8. The first-order valence-electron chi connectivity index (χ1n) is 10.0. The maximum Gasteiger partial charge on any atom is 0.236 e. The van der Waals surface area contributed by atoms with Gasteiger partial charge in [-0.25, -0.2) is 0 Å². The van der Waals surface area contributed by atoms with Gasteiger partial charge < -0.3 is 46.7 Å². The van der Waals surface area contributed by atoms with Gasteiger partial charge in [-0.05, 0) is 25.8 Å². The number of aliphatic hydroxyl groups excluding tert-OH is 1. The monoisotopic (exact) mass is 403 g/mol. The molecule has 1 aliphatic carbocycles.